The highest BCUT2D eigenvalue weighted by atomic mass is 16.5. The molecule has 0 fully saturated rings. The Bertz CT molecular complexity index is 462. The SMILES string of the molecule is COC1=CN2C(=C=NC=C2C(C)=N)C=C1. The first-order chi connectivity index (χ1) is 7.22. The maximum Gasteiger partial charge on any atom is 0.135 e. The van der Waals surface area contributed by atoms with Gasteiger partial charge in [0.15, 0.2) is 0 Å². The van der Waals surface area contributed by atoms with Crippen molar-refractivity contribution in [1.29, 1.82) is 5.41 Å². The van der Waals surface area contributed by atoms with Gasteiger partial charge in [0.1, 0.15) is 11.5 Å². The molecule has 2 heterocycles. The smallest absolute Gasteiger partial charge is 0.135 e. The summed E-state index contributed by atoms with van der Waals surface area (Å²) < 4.78 is 5.13. The average molecular weight is 201 g/mol. The predicted molar refractivity (Wildman–Crippen MR) is 58.5 cm³/mol. The third-order valence-electron chi connectivity index (χ3n) is 2.17. The largest absolute Gasteiger partial charge is 0.495 e. The zero-order valence-corrected chi connectivity index (χ0v) is 8.61. The Hall–Kier alpha value is -2.06. The van der Waals surface area contributed by atoms with Crippen molar-refractivity contribution in [3.05, 3.63) is 41.7 Å². The quantitative estimate of drug-likeness (QED) is 0.692. The summed E-state index contributed by atoms with van der Waals surface area (Å²) in [6, 6.07) is 0. The topological polar surface area (TPSA) is 48.7 Å². The average Bonchev–Trinajstić information content (AvgIpc) is 2.27. The van der Waals surface area contributed by atoms with Gasteiger partial charge in [-0.3, -0.25) is 0 Å². The molecule has 2 rings (SSSR count). The number of aliphatic imine (C=N–C) groups is 1. The number of nitrogens with zero attached hydrogens (tertiary/aromatic N) is 2. The standard InChI is InChI=1S/C11H11N3O/c1-8(12)11-6-13-5-9-3-4-10(15-2)7-14(9)11/h3-4,6-7,12H,1-2H3. The molecule has 0 radical (unpaired) electrons. The molecule has 0 aromatic rings. The highest BCUT2D eigenvalue weighted by Gasteiger charge is 2.18. The first-order valence-electron chi connectivity index (χ1n) is 4.54. The Kier molecular flexibility index (Phi) is 2.27. The lowest BCUT2D eigenvalue weighted by atomic mass is 10.2. The van der Waals surface area contributed by atoms with E-state index in [0.717, 1.165) is 17.2 Å². The molecular formula is C11H11N3O. The fourth-order valence-corrected chi connectivity index (χ4v) is 1.39. The third-order valence-corrected chi connectivity index (χ3v) is 2.17. The number of ether oxygens (including phenoxy) is 1. The molecular weight excluding hydrogens is 190 g/mol. The predicted octanol–water partition coefficient (Wildman–Crippen LogP) is 1.79. The van der Waals surface area contributed by atoms with Crippen LogP contribution in [-0.4, -0.2) is 23.6 Å². The number of rotatable bonds is 2. The summed E-state index contributed by atoms with van der Waals surface area (Å²) in [4.78, 5) is 5.80. The molecule has 15 heavy (non-hydrogen) atoms. The van der Waals surface area contributed by atoms with Gasteiger partial charge in [-0.05, 0) is 19.1 Å². The molecule has 76 valence electrons. The summed E-state index contributed by atoms with van der Waals surface area (Å²) >= 11 is 0. The van der Waals surface area contributed by atoms with E-state index in [-0.39, 0.29) is 0 Å². The van der Waals surface area contributed by atoms with Crippen LogP contribution in [-0.2, 0) is 4.74 Å². The Balaban J connectivity index is 2.42. The second-order valence-corrected chi connectivity index (χ2v) is 3.20. The minimum Gasteiger partial charge on any atom is -0.495 e. The van der Waals surface area contributed by atoms with Crippen LogP contribution in [0.2, 0.25) is 0 Å². The van der Waals surface area contributed by atoms with Gasteiger partial charge in [0, 0.05) is 5.87 Å². The number of hydrogen-bond acceptors (Lipinski definition) is 4. The zero-order valence-electron chi connectivity index (χ0n) is 8.61. The van der Waals surface area contributed by atoms with Crippen molar-refractivity contribution < 1.29 is 4.74 Å². The minimum atomic E-state index is 0.458. The van der Waals surface area contributed by atoms with E-state index in [1.54, 1.807) is 20.2 Å². The molecule has 0 aromatic heterocycles. The molecule has 0 spiro atoms. The molecule has 0 saturated carbocycles. The first-order valence-corrected chi connectivity index (χ1v) is 4.54. The molecule has 0 unspecified atom stereocenters. The summed E-state index contributed by atoms with van der Waals surface area (Å²) in [5.41, 5.74) is 2.02. The monoisotopic (exact) mass is 201 g/mol. The first kappa shape index (κ1) is 9.49. The van der Waals surface area contributed by atoms with Crippen molar-refractivity contribution in [3.8, 4) is 0 Å². The van der Waals surface area contributed by atoms with Crippen LogP contribution < -0.4 is 0 Å². The fraction of sp³-hybridized carbons (Fsp3) is 0.182. The van der Waals surface area contributed by atoms with Crippen molar-refractivity contribution in [2.24, 2.45) is 4.99 Å². The van der Waals surface area contributed by atoms with Gasteiger partial charge in [0.05, 0.1) is 30.9 Å². The van der Waals surface area contributed by atoms with Crippen LogP contribution in [0.25, 0.3) is 0 Å². The van der Waals surface area contributed by atoms with Crippen molar-refractivity contribution in [1.82, 2.24) is 4.90 Å². The zero-order chi connectivity index (χ0) is 10.8. The van der Waals surface area contributed by atoms with E-state index < -0.39 is 0 Å². The van der Waals surface area contributed by atoms with E-state index in [1.807, 2.05) is 23.3 Å². The van der Waals surface area contributed by atoms with E-state index in [4.69, 9.17) is 10.1 Å². The van der Waals surface area contributed by atoms with Crippen molar-refractivity contribution in [2.45, 2.75) is 6.92 Å². The van der Waals surface area contributed by atoms with Crippen LogP contribution in [0.1, 0.15) is 6.92 Å². The summed E-state index contributed by atoms with van der Waals surface area (Å²) in [6.07, 6.45) is 7.14. The van der Waals surface area contributed by atoms with Crippen LogP contribution in [0.4, 0.5) is 0 Å². The van der Waals surface area contributed by atoms with E-state index in [2.05, 4.69) is 10.9 Å². The maximum absolute atomic E-state index is 7.63. The van der Waals surface area contributed by atoms with E-state index in [1.165, 1.54) is 0 Å². The number of fused-ring (bicyclic) bond motifs is 1. The van der Waals surface area contributed by atoms with Gasteiger partial charge in [-0.15, -0.1) is 0 Å². The van der Waals surface area contributed by atoms with Crippen LogP contribution in [0.15, 0.2) is 46.7 Å². The van der Waals surface area contributed by atoms with Crippen LogP contribution in [0, 0.1) is 5.41 Å². The second-order valence-electron chi connectivity index (χ2n) is 3.20. The summed E-state index contributed by atoms with van der Waals surface area (Å²) in [5.74, 6) is 3.60. The number of hydrogen-bond donors (Lipinski definition) is 1. The summed E-state index contributed by atoms with van der Waals surface area (Å²) in [7, 11) is 1.61. The Morgan fingerprint density at radius 1 is 1.53 bits per heavy atom. The lowest BCUT2D eigenvalue weighted by Gasteiger charge is -2.26. The minimum absolute atomic E-state index is 0.458. The van der Waals surface area contributed by atoms with Gasteiger partial charge in [-0.1, -0.05) is 0 Å². The molecule has 4 heteroatoms. The molecule has 0 bridgehead atoms. The van der Waals surface area contributed by atoms with Gasteiger partial charge < -0.3 is 15.0 Å². The van der Waals surface area contributed by atoms with Crippen molar-refractivity contribution in [2.75, 3.05) is 7.11 Å². The molecule has 0 aliphatic carbocycles. The second kappa shape index (κ2) is 3.59. The molecule has 2 aliphatic heterocycles. The lowest BCUT2D eigenvalue weighted by Crippen LogP contribution is -2.24. The summed E-state index contributed by atoms with van der Waals surface area (Å²) in [5, 5.41) is 7.63. The Morgan fingerprint density at radius 3 is 3.00 bits per heavy atom. The molecule has 0 aromatic carbocycles. The van der Waals surface area contributed by atoms with Crippen LogP contribution >= 0.6 is 0 Å². The third kappa shape index (κ3) is 1.63. The molecule has 1 N–H and O–H groups in total. The van der Waals surface area contributed by atoms with E-state index in [0.29, 0.717) is 5.71 Å². The molecule has 0 saturated heterocycles. The van der Waals surface area contributed by atoms with Crippen LogP contribution in [0.5, 0.6) is 0 Å². The number of nitrogens with one attached hydrogen (secondary N) is 1. The van der Waals surface area contributed by atoms with Crippen molar-refractivity contribution in [3.63, 3.8) is 0 Å². The van der Waals surface area contributed by atoms with Crippen molar-refractivity contribution >= 4 is 11.6 Å². The van der Waals surface area contributed by atoms with Gasteiger partial charge in [-0.25, -0.2) is 4.99 Å². The van der Waals surface area contributed by atoms with E-state index >= 15 is 0 Å². The molecule has 4 nitrogen and oxygen atoms in total. The highest BCUT2D eigenvalue weighted by Crippen LogP contribution is 2.23. The van der Waals surface area contributed by atoms with Gasteiger partial charge in [0.2, 0.25) is 0 Å². The Morgan fingerprint density at radius 2 is 2.33 bits per heavy atom. The number of allylic oxidation sites excluding steroid dienone is 3. The Labute approximate surface area is 88.1 Å². The maximum atomic E-state index is 7.63. The van der Waals surface area contributed by atoms with Gasteiger partial charge in [0.25, 0.3) is 0 Å². The van der Waals surface area contributed by atoms with Gasteiger partial charge >= 0.3 is 0 Å². The van der Waals surface area contributed by atoms with E-state index in [9.17, 15) is 0 Å². The fourth-order valence-electron chi connectivity index (χ4n) is 1.39. The molecule has 0 amide bonds. The number of methoxy groups -OCH3 is 1. The van der Waals surface area contributed by atoms with Gasteiger partial charge in [-0.2, -0.15) is 0 Å². The normalized spacial score (nSPS) is 17.7. The highest BCUT2D eigenvalue weighted by molar-refractivity contribution is 5.96. The molecule has 0 atom stereocenters. The molecule has 2 aliphatic rings. The lowest BCUT2D eigenvalue weighted by molar-refractivity contribution is 0.296. The van der Waals surface area contributed by atoms with Crippen LogP contribution in [0.3, 0.4) is 0 Å². The summed E-state index contributed by atoms with van der Waals surface area (Å²) in [6.45, 7) is 1.73.